The molecule has 0 radical (unpaired) electrons. The second-order valence-corrected chi connectivity index (χ2v) is 7.08. The van der Waals surface area contributed by atoms with Gasteiger partial charge in [0.25, 0.3) is 11.6 Å². The average molecular weight is 412 g/mol. The van der Waals surface area contributed by atoms with Gasteiger partial charge in [-0.2, -0.15) is 0 Å². The van der Waals surface area contributed by atoms with E-state index < -0.39 is 4.92 Å². The monoisotopic (exact) mass is 412 g/mol. The average Bonchev–Trinajstić information content (AvgIpc) is 2.75. The SMILES string of the molecule is COc1cccc(C(=O)NC2CCN(CC(=O)Nc3ccccc3[N+](=O)[O-])CC2)c1. The van der Waals surface area contributed by atoms with Gasteiger partial charge in [0.15, 0.2) is 0 Å². The first-order chi connectivity index (χ1) is 14.5. The van der Waals surface area contributed by atoms with Crippen LogP contribution in [0.3, 0.4) is 0 Å². The summed E-state index contributed by atoms with van der Waals surface area (Å²) >= 11 is 0. The minimum Gasteiger partial charge on any atom is -0.497 e. The number of carbonyl (C=O) groups is 2. The van der Waals surface area contributed by atoms with Crippen LogP contribution < -0.4 is 15.4 Å². The van der Waals surface area contributed by atoms with Crippen LogP contribution in [0, 0.1) is 10.1 Å². The maximum atomic E-state index is 12.4. The summed E-state index contributed by atoms with van der Waals surface area (Å²) in [5.74, 6) is 0.173. The van der Waals surface area contributed by atoms with Gasteiger partial charge in [0, 0.05) is 30.8 Å². The van der Waals surface area contributed by atoms with Crippen molar-refractivity contribution in [3.05, 3.63) is 64.2 Å². The van der Waals surface area contributed by atoms with Gasteiger partial charge in [0.2, 0.25) is 5.91 Å². The first-order valence-corrected chi connectivity index (χ1v) is 9.67. The van der Waals surface area contributed by atoms with Crippen LogP contribution in [0.4, 0.5) is 11.4 Å². The number of nitrogens with one attached hydrogen (secondary N) is 2. The molecule has 3 rings (SSSR count). The highest BCUT2D eigenvalue weighted by Crippen LogP contribution is 2.23. The minimum atomic E-state index is -0.522. The maximum absolute atomic E-state index is 12.4. The number of amides is 2. The lowest BCUT2D eigenvalue weighted by atomic mass is 10.0. The van der Waals surface area contributed by atoms with Gasteiger partial charge in [-0.3, -0.25) is 24.6 Å². The predicted octanol–water partition coefficient (Wildman–Crippen LogP) is 2.44. The number of methoxy groups -OCH3 is 1. The molecule has 1 aliphatic rings. The van der Waals surface area contributed by atoms with E-state index in [4.69, 9.17) is 4.74 Å². The van der Waals surface area contributed by atoms with Gasteiger partial charge < -0.3 is 15.4 Å². The Labute approximate surface area is 174 Å². The van der Waals surface area contributed by atoms with Gasteiger partial charge >= 0.3 is 0 Å². The van der Waals surface area contributed by atoms with Crippen LogP contribution in [0.5, 0.6) is 5.75 Å². The molecule has 0 spiro atoms. The highest BCUT2D eigenvalue weighted by Gasteiger charge is 2.23. The minimum absolute atomic E-state index is 0.0261. The van der Waals surface area contributed by atoms with Gasteiger partial charge in [-0.15, -0.1) is 0 Å². The number of para-hydroxylation sites is 2. The summed E-state index contributed by atoms with van der Waals surface area (Å²) in [6.07, 6.45) is 1.43. The van der Waals surface area contributed by atoms with Gasteiger partial charge in [0.05, 0.1) is 18.6 Å². The van der Waals surface area contributed by atoms with Crippen molar-refractivity contribution in [3.63, 3.8) is 0 Å². The standard InChI is InChI=1S/C21H24N4O5/c1-30-17-6-4-5-15(13-17)21(27)22-16-9-11-24(12-10-16)14-20(26)23-18-7-2-3-8-19(18)25(28)29/h2-8,13,16H,9-12,14H2,1H3,(H,22,27)(H,23,26). The second-order valence-electron chi connectivity index (χ2n) is 7.08. The Morgan fingerprint density at radius 2 is 1.90 bits per heavy atom. The molecular formula is C21H24N4O5. The molecule has 1 aliphatic heterocycles. The molecule has 0 bridgehead atoms. The number of nitrogens with zero attached hydrogens (tertiary/aromatic N) is 2. The van der Waals surface area contributed by atoms with Crippen molar-refractivity contribution in [2.45, 2.75) is 18.9 Å². The summed E-state index contributed by atoms with van der Waals surface area (Å²) in [6.45, 7) is 1.43. The Balaban J connectivity index is 1.47. The van der Waals surface area contributed by atoms with Crippen molar-refractivity contribution in [2.75, 3.05) is 32.1 Å². The Morgan fingerprint density at radius 1 is 1.17 bits per heavy atom. The molecule has 30 heavy (non-hydrogen) atoms. The molecular weight excluding hydrogens is 388 g/mol. The molecule has 1 fully saturated rings. The molecule has 9 heteroatoms. The molecule has 0 unspecified atom stereocenters. The summed E-state index contributed by atoms with van der Waals surface area (Å²) in [7, 11) is 1.55. The first-order valence-electron chi connectivity index (χ1n) is 9.67. The van der Waals surface area contributed by atoms with E-state index in [-0.39, 0.29) is 35.8 Å². The molecule has 0 aliphatic carbocycles. The summed E-state index contributed by atoms with van der Waals surface area (Å²) in [4.78, 5) is 37.2. The lowest BCUT2D eigenvalue weighted by molar-refractivity contribution is -0.383. The number of nitro groups is 1. The fourth-order valence-corrected chi connectivity index (χ4v) is 3.40. The zero-order chi connectivity index (χ0) is 21.5. The van der Waals surface area contributed by atoms with Crippen molar-refractivity contribution >= 4 is 23.2 Å². The fourth-order valence-electron chi connectivity index (χ4n) is 3.40. The Kier molecular flexibility index (Phi) is 6.97. The number of likely N-dealkylation sites (tertiary alicyclic amines) is 1. The number of carbonyl (C=O) groups excluding carboxylic acids is 2. The van der Waals surface area contributed by atoms with E-state index in [1.165, 1.54) is 12.1 Å². The summed E-state index contributed by atoms with van der Waals surface area (Å²) in [5, 5.41) is 16.7. The summed E-state index contributed by atoms with van der Waals surface area (Å²) in [6, 6.07) is 13.1. The van der Waals surface area contributed by atoms with Crippen LogP contribution in [-0.4, -0.2) is 54.4 Å². The molecule has 2 aromatic rings. The highest BCUT2D eigenvalue weighted by molar-refractivity contribution is 5.95. The van der Waals surface area contributed by atoms with Crippen molar-refractivity contribution < 1.29 is 19.2 Å². The largest absolute Gasteiger partial charge is 0.497 e. The Bertz CT molecular complexity index is 925. The van der Waals surface area contributed by atoms with Gasteiger partial charge in [-0.25, -0.2) is 0 Å². The highest BCUT2D eigenvalue weighted by atomic mass is 16.6. The van der Waals surface area contributed by atoms with E-state index in [1.54, 1.807) is 43.5 Å². The third-order valence-electron chi connectivity index (χ3n) is 5.00. The smallest absolute Gasteiger partial charge is 0.292 e. The number of hydrogen-bond donors (Lipinski definition) is 2. The molecule has 1 saturated heterocycles. The van der Waals surface area contributed by atoms with Crippen LogP contribution in [0.25, 0.3) is 0 Å². The van der Waals surface area contributed by atoms with E-state index >= 15 is 0 Å². The first kappa shape index (κ1) is 21.3. The Hall–Kier alpha value is -3.46. The molecule has 1 heterocycles. The lowest BCUT2D eigenvalue weighted by Gasteiger charge is -2.31. The zero-order valence-corrected chi connectivity index (χ0v) is 16.7. The molecule has 158 valence electrons. The molecule has 2 N–H and O–H groups in total. The van der Waals surface area contributed by atoms with E-state index in [0.29, 0.717) is 37.2 Å². The van der Waals surface area contributed by atoms with E-state index in [0.717, 1.165) is 0 Å². The van der Waals surface area contributed by atoms with E-state index in [9.17, 15) is 19.7 Å². The molecule has 0 atom stereocenters. The van der Waals surface area contributed by atoms with Crippen LogP contribution in [0.15, 0.2) is 48.5 Å². The van der Waals surface area contributed by atoms with Crippen LogP contribution in [0.2, 0.25) is 0 Å². The normalized spacial score (nSPS) is 14.7. The van der Waals surface area contributed by atoms with Crippen LogP contribution in [-0.2, 0) is 4.79 Å². The van der Waals surface area contributed by atoms with Crippen molar-refractivity contribution in [1.82, 2.24) is 10.2 Å². The van der Waals surface area contributed by atoms with Gasteiger partial charge in [-0.05, 0) is 37.1 Å². The lowest BCUT2D eigenvalue weighted by Crippen LogP contribution is -2.46. The second kappa shape index (κ2) is 9.84. The zero-order valence-electron chi connectivity index (χ0n) is 16.7. The third-order valence-corrected chi connectivity index (χ3v) is 5.00. The summed E-state index contributed by atoms with van der Waals surface area (Å²) < 4.78 is 5.15. The maximum Gasteiger partial charge on any atom is 0.292 e. The quantitative estimate of drug-likeness (QED) is 0.533. The van der Waals surface area contributed by atoms with E-state index in [2.05, 4.69) is 10.6 Å². The number of anilines is 1. The predicted molar refractivity (Wildman–Crippen MR) is 112 cm³/mol. The third kappa shape index (κ3) is 5.54. The number of benzene rings is 2. The molecule has 2 aromatic carbocycles. The fraction of sp³-hybridized carbons (Fsp3) is 0.333. The van der Waals surface area contributed by atoms with E-state index in [1.807, 2.05) is 4.90 Å². The molecule has 0 saturated carbocycles. The van der Waals surface area contributed by atoms with Crippen LogP contribution >= 0.6 is 0 Å². The number of piperidine rings is 1. The Morgan fingerprint density at radius 3 is 2.60 bits per heavy atom. The van der Waals surface area contributed by atoms with Crippen molar-refractivity contribution in [3.8, 4) is 5.75 Å². The molecule has 2 amide bonds. The number of hydrogen-bond acceptors (Lipinski definition) is 6. The topological polar surface area (TPSA) is 114 Å². The van der Waals surface area contributed by atoms with Gasteiger partial charge in [-0.1, -0.05) is 18.2 Å². The van der Waals surface area contributed by atoms with Gasteiger partial charge in [0.1, 0.15) is 11.4 Å². The van der Waals surface area contributed by atoms with Crippen molar-refractivity contribution in [1.29, 1.82) is 0 Å². The van der Waals surface area contributed by atoms with Crippen LogP contribution in [0.1, 0.15) is 23.2 Å². The van der Waals surface area contributed by atoms with Crippen molar-refractivity contribution in [2.24, 2.45) is 0 Å². The number of nitro benzene ring substituents is 1. The molecule has 9 nitrogen and oxygen atoms in total. The molecule has 0 aromatic heterocycles. The summed E-state index contributed by atoms with van der Waals surface area (Å²) in [5.41, 5.74) is 0.596. The number of rotatable bonds is 7. The number of ether oxygens (including phenoxy) is 1.